The number of alkyl halides is 3. The van der Waals surface area contributed by atoms with Crippen molar-refractivity contribution in [2.45, 2.75) is 52.3 Å². The average molecular weight is 517 g/mol. The number of carbonyl (C=O) groups excluding carboxylic acids is 2. The maximum Gasteiger partial charge on any atom is 0.416 e. The van der Waals surface area contributed by atoms with Crippen molar-refractivity contribution >= 4 is 17.6 Å². The number of nitrogens with one attached hydrogen (secondary N) is 1. The van der Waals surface area contributed by atoms with Crippen molar-refractivity contribution < 1.29 is 27.5 Å². The van der Waals surface area contributed by atoms with Crippen molar-refractivity contribution in [2.75, 3.05) is 19.0 Å². The molecule has 3 rings (SSSR count). The molecule has 0 aliphatic carbocycles. The molecule has 2 aromatic carbocycles. The van der Waals surface area contributed by atoms with Crippen LogP contribution in [0.25, 0.3) is 5.69 Å². The van der Waals surface area contributed by atoms with Gasteiger partial charge in [0.1, 0.15) is 18.1 Å². The first-order valence-corrected chi connectivity index (χ1v) is 11.7. The number of nitrogens with zero attached hydrogens (tertiary/aromatic N) is 3. The summed E-state index contributed by atoms with van der Waals surface area (Å²) in [5, 5.41) is 7.48. The average Bonchev–Trinajstić information content (AvgIpc) is 3.25. The van der Waals surface area contributed by atoms with Crippen molar-refractivity contribution in [3.05, 3.63) is 71.4 Å². The molecule has 0 atom stereocenters. The summed E-state index contributed by atoms with van der Waals surface area (Å²) in [5.74, 6) is -0.118. The van der Waals surface area contributed by atoms with Crippen LogP contribution in [-0.2, 0) is 16.4 Å². The zero-order valence-corrected chi connectivity index (χ0v) is 21.7. The van der Waals surface area contributed by atoms with Crippen molar-refractivity contribution in [1.29, 1.82) is 0 Å². The summed E-state index contributed by atoms with van der Waals surface area (Å²) in [6.07, 6.45) is -4.58. The fraction of sp³-hybridized carbons (Fsp3) is 0.370. The molecule has 37 heavy (non-hydrogen) atoms. The molecule has 0 spiro atoms. The fourth-order valence-electron chi connectivity index (χ4n) is 3.58. The Morgan fingerprint density at radius 2 is 1.70 bits per heavy atom. The lowest BCUT2D eigenvalue weighted by Gasteiger charge is -2.26. The Labute approximate surface area is 214 Å². The monoisotopic (exact) mass is 516 g/mol. The summed E-state index contributed by atoms with van der Waals surface area (Å²) < 4.78 is 46.2. The van der Waals surface area contributed by atoms with Crippen LogP contribution >= 0.6 is 0 Å². The number of aromatic nitrogens is 2. The molecule has 0 fully saturated rings. The lowest BCUT2D eigenvalue weighted by atomic mass is 9.92. The molecule has 1 N–H and O–H groups in total. The standard InChI is InChI=1S/C27H31F3N4O3/c1-17(2)33(25(36)18-8-7-9-19(14-18)27(28,29)30)16-24(35)31-23-15-22(26(3,4)5)32-34(23)20-10-12-21(37-6)13-11-20/h7-15,17H,16H2,1-6H3,(H,31,35). The molecule has 1 aromatic heterocycles. The Morgan fingerprint density at radius 1 is 1.05 bits per heavy atom. The lowest BCUT2D eigenvalue weighted by Crippen LogP contribution is -2.42. The van der Waals surface area contributed by atoms with E-state index < -0.39 is 29.6 Å². The van der Waals surface area contributed by atoms with Crippen molar-refractivity contribution in [1.82, 2.24) is 14.7 Å². The third-order valence-corrected chi connectivity index (χ3v) is 5.70. The van der Waals surface area contributed by atoms with Gasteiger partial charge in [0.15, 0.2) is 0 Å². The van der Waals surface area contributed by atoms with E-state index in [1.165, 1.54) is 17.0 Å². The van der Waals surface area contributed by atoms with Gasteiger partial charge in [0, 0.05) is 23.1 Å². The molecule has 1 heterocycles. The van der Waals surface area contributed by atoms with Crippen LogP contribution in [0.1, 0.15) is 56.2 Å². The number of hydrogen-bond donors (Lipinski definition) is 1. The number of amides is 2. The van der Waals surface area contributed by atoms with Gasteiger partial charge in [0.2, 0.25) is 5.91 Å². The fourth-order valence-corrected chi connectivity index (χ4v) is 3.58. The van der Waals surface area contributed by atoms with E-state index in [0.29, 0.717) is 17.3 Å². The van der Waals surface area contributed by atoms with E-state index >= 15 is 0 Å². The molecule has 0 aliphatic rings. The van der Waals surface area contributed by atoms with Crippen LogP contribution in [0.2, 0.25) is 0 Å². The number of carbonyl (C=O) groups is 2. The van der Waals surface area contributed by atoms with Crippen LogP contribution in [-0.4, -0.2) is 46.2 Å². The van der Waals surface area contributed by atoms with Crippen LogP contribution in [0.5, 0.6) is 5.75 Å². The van der Waals surface area contributed by atoms with Gasteiger partial charge in [-0.15, -0.1) is 0 Å². The SMILES string of the molecule is COc1ccc(-n2nc(C(C)(C)C)cc2NC(=O)CN(C(=O)c2cccc(C(F)(F)F)c2)C(C)C)cc1. The third-order valence-electron chi connectivity index (χ3n) is 5.70. The minimum Gasteiger partial charge on any atom is -0.497 e. The minimum atomic E-state index is -4.58. The summed E-state index contributed by atoms with van der Waals surface area (Å²) in [5.41, 5.74) is 0.0478. The Morgan fingerprint density at radius 3 is 2.24 bits per heavy atom. The van der Waals surface area contributed by atoms with Crippen molar-refractivity contribution in [2.24, 2.45) is 0 Å². The maximum atomic E-state index is 13.1. The number of methoxy groups -OCH3 is 1. The summed E-state index contributed by atoms with van der Waals surface area (Å²) >= 11 is 0. The molecule has 0 aliphatic heterocycles. The van der Waals surface area contributed by atoms with Gasteiger partial charge in [-0.3, -0.25) is 9.59 Å². The van der Waals surface area contributed by atoms with Gasteiger partial charge in [-0.2, -0.15) is 18.3 Å². The van der Waals surface area contributed by atoms with Crippen LogP contribution in [0.3, 0.4) is 0 Å². The van der Waals surface area contributed by atoms with E-state index in [-0.39, 0.29) is 17.5 Å². The number of ether oxygens (including phenoxy) is 1. The Hall–Kier alpha value is -3.82. The van der Waals surface area contributed by atoms with E-state index in [9.17, 15) is 22.8 Å². The highest BCUT2D eigenvalue weighted by atomic mass is 19.4. The Kier molecular flexibility index (Phi) is 8.00. The quantitative estimate of drug-likeness (QED) is 0.438. The molecule has 198 valence electrons. The van der Waals surface area contributed by atoms with E-state index in [1.807, 2.05) is 20.8 Å². The van der Waals surface area contributed by atoms with Crippen molar-refractivity contribution in [3.8, 4) is 11.4 Å². The summed E-state index contributed by atoms with van der Waals surface area (Å²) in [6.45, 7) is 9.01. The molecule has 0 saturated heterocycles. The smallest absolute Gasteiger partial charge is 0.416 e. The second-order valence-corrected chi connectivity index (χ2v) is 9.93. The lowest BCUT2D eigenvalue weighted by molar-refractivity contribution is -0.137. The van der Waals surface area contributed by atoms with Gasteiger partial charge in [-0.05, 0) is 56.3 Å². The van der Waals surface area contributed by atoms with Gasteiger partial charge in [0.05, 0.1) is 24.1 Å². The minimum absolute atomic E-state index is 0.144. The first kappa shape index (κ1) is 27.8. The van der Waals surface area contributed by atoms with Crippen LogP contribution in [0.4, 0.5) is 19.0 Å². The van der Waals surface area contributed by atoms with E-state index in [0.717, 1.165) is 17.8 Å². The van der Waals surface area contributed by atoms with Crippen LogP contribution in [0.15, 0.2) is 54.6 Å². The predicted molar refractivity (Wildman–Crippen MR) is 135 cm³/mol. The molecule has 2 amide bonds. The molecule has 0 saturated carbocycles. The molecular formula is C27H31F3N4O3. The molecule has 0 bridgehead atoms. The van der Waals surface area contributed by atoms with E-state index in [4.69, 9.17) is 4.74 Å². The summed E-state index contributed by atoms with van der Waals surface area (Å²) in [7, 11) is 1.56. The van der Waals surface area contributed by atoms with Gasteiger partial charge >= 0.3 is 6.18 Å². The zero-order chi connectivity index (χ0) is 27.5. The molecule has 0 unspecified atom stereocenters. The number of halogens is 3. The zero-order valence-electron chi connectivity index (χ0n) is 21.7. The molecule has 10 heteroatoms. The molecule has 3 aromatic rings. The van der Waals surface area contributed by atoms with Gasteiger partial charge < -0.3 is 15.0 Å². The molecular weight excluding hydrogens is 485 g/mol. The van der Waals surface area contributed by atoms with Gasteiger partial charge in [-0.1, -0.05) is 26.8 Å². The first-order valence-electron chi connectivity index (χ1n) is 11.7. The highest BCUT2D eigenvalue weighted by Crippen LogP contribution is 2.30. The summed E-state index contributed by atoms with van der Waals surface area (Å²) in [6, 6.07) is 12.6. The van der Waals surface area contributed by atoms with Crippen LogP contribution < -0.4 is 10.1 Å². The molecule has 7 nitrogen and oxygen atoms in total. The number of hydrogen-bond acceptors (Lipinski definition) is 4. The largest absolute Gasteiger partial charge is 0.497 e. The normalized spacial score (nSPS) is 11.9. The first-order chi connectivity index (χ1) is 17.2. The highest BCUT2D eigenvalue weighted by Gasteiger charge is 2.32. The number of benzene rings is 2. The second kappa shape index (κ2) is 10.7. The van der Waals surface area contributed by atoms with Gasteiger partial charge in [0.25, 0.3) is 5.91 Å². The summed E-state index contributed by atoms with van der Waals surface area (Å²) in [4.78, 5) is 27.4. The second-order valence-electron chi connectivity index (χ2n) is 9.93. The highest BCUT2D eigenvalue weighted by molar-refractivity contribution is 5.99. The molecule has 0 radical (unpaired) electrons. The van der Waals surface area contributed by atoms with Gasteiger partial charge in [-0.25, -0.2) is 4.68 Å². The Bertz CT molecular complexity index is 1260. The topological polar surface area (TPSA) is 76.5 Å². The van der Waals surface area contributed by atoms with Crippen LogP contribution in [0, 0.1) is 0 Å². The number of rotatable bonds is 7. The Balaban J connectivity index is 1.87. The maximum absolute atomic E-state index is 13.1. The number of anilines is 1. The van der Waals surface area contributed by atoms with Crippen molar-refractivity contribution in [3.63, 3.8) is 0 Å². The predicted octanol–water partition coefficient (Wildman–Crippen LogP) is 5.69. The van der Waals surface area contributed by atoms with E-state index in [2.05, 4.69) is 10.4 Å². The van der Waals surface area contributed by atoms with E-state index in [1.54, 1.807) is 56.0 Å². The third kappa shape index (κ3) is 6.69.